The van der Waals surface area contributed by atoms with Crippen molar-refractivity contribution in [1.29, 1.82) is 0 Å². The summed E-state index contributed by atoms with van der Waals surface area (Å²) in [5.41, 5.74) is 0. The summed E-state index contributed by atoms with van der Waals surface area (Å²) in [7, 11) is 0. The summed E-state index contributed by atoms with van der Waals surface area (Å²) in [4.78, 5) is 24.4. The smallest absolute Gasteiger partial charge is 0.328 e. The molecule has 0 radical (unpaired) electrons. The Bertz CT molecular complexity index is 287. The molecule has 2 heterocycles. The number of carboxylic acids is 1. The predicted molar refractivity (Wildman–Crippen MR) is 52.9 cm³/mol. The lowest BCUT2D eigenvalue weighted by molar-refractivity contribution is -0.160. The largest absolute Gasteiger partial charge is 0.480 e. The molecule has 0 aromatic heterocycles. The van der Waals surface area contributed by atoms with E-state index in [-0.39, 0.29) is 18.4 Å². The van der Waals surface area contributed by atoms with Crippen LogP contribution in [0.4, 0.5) is 0 Å². The van der Waals surface area contributed by atoms with Crippen molar-refractivity contribution in [1.82, 2.24) is 4.90 Å². The van der Waals surface area contributed by atoms with E-state index in [2.05, 4.69) is 0 Å². The highest BCUT2D eigenvalue weighted by molar-refractivity contribution is 5.85. The van der Waals surface area contributed by atoms with Crippen molar-refractivity contribution in [2.24, 2.45) is 5.92 Å². The number of amides is 1. The molecule has 0 aliphatic carbocycles. The van der Waals surface area contributed by atoms with Gasteiger partial charge in [0.2, 0.25) is 5.91 Å². The molecule has 0 spiro atoms. The van der Waals surface area contributed by atoms with Gasteiger partial charge in [0.05, 0.1) is 25.7 Å². The van der Waals surface area contributed by atoms with E-state index in [1.165, 1.54) is 4.90 Å². The second-order valence-electron chi connectivity index (χ2n) is 4.02. The standard InChI is InChI=1S/C10H15NO5/c12-9(7-1-3-15-5-7)11-2-4-16-6-8(11)10(13)14/h7-8H,1-6H2,(H,13,14). The highest BCUT2D eigenvalue weighted by Crippen LogP contribution is 2.18. The van der Waals surface area contributed by atoms with E-state index in [9.17, 15) is 9.59 Å². The third-order valence-electron chi connectivity index (χ3n) is 2.98. The van der Waals surface area contributed by atoms with Crippen molar-refractivity contribution in [3.63, 3.8) is 0 Å². The maximum atomic E-state index is 12.0. The number of hydrogen-bond acceptors (Lipinski definition) is 4. The van der Waals surface area contributed by atoms with Crippen molar-refractivity contribution in [3.05, 3.63) is 0 Å². The minimum absolute atomic E-state index is 0.0780. The average Bonchev–Trinajstić information content (AvgIpc) is 2.81. The summed E-state index contributed by atoms with van der Waals surface area (Å²) in [5.74, 6) is -1.31. The fourth-order valence-electron chi connectivity index (χ4n) is 2.04. The number of rotatable bonds is 2. The van der Waals surface area contributed by atoms with Crippen LogP contribution in [0.15, 0.2) is 0 Å². The molecule has 0 aromatic carbocycles. The molecule has 2 unspecified atom stereocenters. The Hall–Kier alpha value is -1.14. The van der Waals surface area contributed by atoms with Gasteiger partial charge in [-0.25, -0.2) is 4.79 Å². The maximum absolute atomic E-state index is 12.0. The van der Waals surface area contributed by atoms with Gasteiger partial charge >= 0.3 is 5.97 Å². The summed E-state index contributed by atoms with van der Waals surface area (Å²) in [6.45, 7) is 1.82. The van der Waals surface area contributed by atoms with Crippen LogP contribution in [-0.4, -0.2) is 60.9 Å². The fourth-order valence-corrected chi connectivity index (χ4v) is 2.04. The number of ether oxygens (including phenoxy) is 2. The number of morpholine rings is 1. The summed E-state index contributed by atoms with van der Waals surface area (Å²) in [6, 6.07) is -0.846. The van der Waals surface area contributed by atoms with Crippen molar-refractivity contribution >= 4 is 11.9 Å². The molecule has 2 aliphatic heterocycles. The van der Waals surface area contributed by atoms with Gasteiger partial charge in [0, 0.05) is 13.2 Å². The van der Waals surface area contributed by atoms with Gasteiger partial charge in [0.15, 0.2) is 6.04 Å². The quantitative estimate of drug-likeness (QED) is 0.680. The van der Waals surface area contributed by atoms with Crippen LogP contribution in [0.3, 0.4) is 0 Å². The third-order valence-corrected chi connectivity index (χ3v) is 2.98. The van der Waals surface area contributed by atoms with Crippen LogP contribution in [0.25, 0.3) is 0 Å². The van der Waals surface area contributed by atoms with Crippen LogP contribution in [-0.2, 0) is 19.1 Å². The number of aliphatic carboxylic acids is 1. The molecule has 2 saturated heterocycles. The first-order chi connectivity index (χ1) is 7.70. The number of nitrogens with zero attached hydrogens (tertiary/aromatic N) is 1. The van der Waals surface area contributed by atoms with Crippen molar-refractivity contribution < 1.29 is 24.2 Å². The zero-order valence-corrected chi connectivity index (χ0v) is 8.92. The molecule has 1 amide bonds. The molecule has 2 fully saturated rings. The molecule has 0 bridgehead atoms. The van der Waals surface area contributed by atoms with E-state index in [4.69, 9.17) is 14.6 Å². The fraction of sp³-hybridized carbons (Fsp3) is 0.800. The molecule has 2 atom stereocenters. The molecular weight excluding hydrogens is 214 g/mol. The van der Waals surface area contributed by atoms with Gasteiger partial charge in [0.25, 0.3) is 0 Å². The van der Waals surface area contributed by atoms with Gasteiger partial charge in [-0.3, -0.25) is 4.79 Å². The van der Waals surface area contributed by atoms with Gasteiger partial charge in [-0.2, -0.15) is 0 Å². The first kappa shape index (κ1) is 11.3. The summed E-state index contributed by atoms with van der Waals surface area (Å²) in [6.07, 6.45) is 0.683. The Balaban J connectivity index is 2.04. The Morgan fingerprint density at radius 3 is 2.56 bits per heavy atom. The van der Waals surface area contributed by atoms with E-state index in [0.717, 1.165) is 0 Å². The lowest BCUT2D eigenvalue weighted by Crippen LogP contribution is -2.54. The average molecular weight is 229 g/mol. The molecule has 0 aromatic rings. The SMILES string of the molecule is O=C(O)C1COCCN1C(=O)C1CCOC1. The third kappa shape index (κ3) is 2.17. The lowest BCUT2D eigenvalue weighted by atomic mass is 10.1. The minimum atomic E-state index is -1.01. The molecule has 1 N–H and O–H groups in total. The Kier molecular flexibility index (Phi) is 3.40. The van der Waals surface area contributed by atoms with Crippen LogP contribution in [0, 0.1) is 5.92 Å². The Morgan fingerprint density at radius 2 is 1.94 bits per heavy atom. The van der Waals surface area contributed by atoms with Crippen LogP contribution < -0.4 is 0 Å². The van der Waals surface area contributed by atoms with E-state index >= 15 is 0 Å². The van der Waals surface area contributed by atoms with Crippen LogP contribution >= 0.6 is 0 Å². The second-order valence-corrected chi connectivity index (χ2v) is 4.02. The molecule has 16 heavy (non-hydrogen) atoms. The van der Waals surface area contributed by atoms with E-state index in [0.29, 0.717) is 32.8 Å². The Morgan fingerprint density at radius 1 is 1.19 bits per heavy atom. The summed E-state index contributed by atoms with van der Waals surface area (Å²) in [5, 5.41) is 9.00. The summed E-state index contributed by atoms with van der Waals surface area (Å²) < 4.78 is 10.2. The second kappa shape index (κ2) is 4.80. The highest BCUT2D eigenvalue weighted by atomic mass is 16.5. The van der Waals surface area contributed by atoms with E-state index in [1.54, 1.807) is 0 Å². The predicted octanol–water partition coefficient (Wildman–Crippen LogP) is -0.665. The maximum Gasteiger partial charge on any atom is 0.328 e. The molecule has 90 valence electrons. The Labute approximate surface area is 93.1 Å². The van der Waals surface area contributed by atoms with E-state index in [1.807, 2.05) is 0 Å². The lowest BCUT2D eigenvalue weighted by Gasteiger charge is -2.34. The van der Waals surface area contributed by atoms with Gasteiger partial charge in [-0.05, 0) is 6.42 Å². The van der Waals surface area contributed by atoms with Gasteiger partial charge in [0.1, 0.15) is 0 Å². The molecule has 6 heteroatoms. The number of carbonyl (C=O) groups is 2. The molecular formula is C10H15NO5. The first-order valence-electron chi connectivity index (χ1n) is 5.39. The van der Waals surface area contributed by atoms with Gasteiger partial charge < -0.3 is 19.5 Å². The number of hydrogen-bond donors (Lipinski definition) is 1. The normalized spacial score (nSPS) is 30.4. The van der Waals surface area contributed by atoms with Gasteiger partial charge in [-0.15, -0.1) is 0 Å². The topological polar surface area (TPSA) is 76.1 Å². The molecule has 0 saturated carbocycles. The zero-order valence-electron chi connectivity index (χ0n) is 8.92. The van der Waals surface area contributed by atoms with Crippen molar-refractivity contribution in [2.75, 3.05) is 33.0 Å². The number of carboxylic acid groups (broad SMARTS) is 1. The molecule has 2 rings (SSSR count). The highest BCUT2D eigenvalue weighted by Gasteiger charge is 2.37. The molecule has 2 aliphatic rings. The van der Waals surface area contributed by atoms with Crippen molar-refractivity contribution in [2.45, 2.75) is 12.5 Å². The van der Waals surface area contributed by atoms with Crippen LogP contribution in [0.2, 0.25) is 0 Å². The summed E-state index contributed by atoms with van der Waals surface area (Å²) >= 11 is 0. The first-order valence-corrected chi connectivity index (χ1v) is 5.39. The van der Waals surface area contributed by atoms with Crippen LogP contribution in [0.1, 0.15) is 6.42 Å². The monoisotopic (exact) mass is 229 g/mol. The minimum Gasteiger partial charge on any atom is -0.480 e. The molecule has 6 nitrogen and oxygen atoms in total. The number of carbonyl (C=O) groups excluding carboxylic acids is 1. The zero-order chi connectivity index (χ0) is 11.5. The van der Waals surface area contributed by atoms with Gasteiger partial charge in [-0.1, -0.05) is 0 Å². The van der Waals surface area contributed by atoms with E-state index < -0.39 is 12.0 Å². The van der Waals surface area contributed by atoms with Crippen molar-refractivity contribution in [3.8, 4) is 0 Å². The van der Waals surface area contributed by atoms with Crippen LogP contribution in [0.5, 0.6) is 0 Å².